The number of aryl methyl sites for hydroxylation is 3. The molecule has 0 saturated carbocycles. The summed E-state index contributed by atoms with van der Waals surface area (Å²) in [6.07, 6.45) is 7.74. The molecule has 0 fully saturated rings. The molecule has 36 heavy (non-hydrogen) atoms. The van der Waals surface area contributed by atoms with Crippen molar-refractivity contribution >= 4 is 11.0 Å². The number of hydrogen-bond donors (Lipinski definition) is 0. The van der Waals surface area contributed by atoms with Crippen molar-refractivity contribution in [1.29, 1.82) is 0 Å². The number of rotatable bonds is 5. The maximum absolute atomic E-state index is 5.46. The molecule has 5 heterocycles. The van der Waals surface area contributed by atoms with E-state index >= 15 is 0 Å². The lowest BCUT2D eigenvalue weighted by Gasteiger charge is -2.16. The molecule has 0 bridgehead atoms. The summed E-state index contributed by atoms with van der Waals surface area (Å²) in [5, 5.41) is 5.19. The molecule has 0 radical (unpaired) electrons. The van der Waals surface area contributed by atoms with Crippen molar-refractivity contribution < 1.29 is 4.52 Å². The molecular formula is C30H25N5O. The first-order chi connectivity index (χ1) is 17.6. The number of hydrogen-bond acceptors (Lipinski definition) is 5. The summed E-state index contributed by atoms with van der Waals surface area (Å²) in [6.45, 7) is 5.98. The van der Waals surface area contributed by atoms with Gasteiger partial charge in [0.15, 0.2) is 0 Å². The van der Waals surface area contributed by atoms with Gasteiger partial charge in [-0.05, 0) is 68.8 Å². The van der Waals surface area contributed by atoms with Gasteiger partial charge in [0.1, 0.15) is 11.4 Å². The number of nitrogens with zero attached hydrogens (tertiary/aromatic N) is 5. The van der Waals surface area contributed by atoms with Crippen LogP contribution < -0.4 is 0 Å². The van der Waals surface area contributed by atoms with Gasteiger partial charge < -0.3 is 9.09 Å². The summed E-state index contributed by atoms with van der Waals surface area (Å²) in [6, 6.07) is 22.7. The van der Waals surface area contributed by atoms with Gasteiger partial charge in [0, 0.05) is 47.0 Å². The van der Waals surface area contributed by atoms with E-state index in [1.807, 2.05) is 56.7 Å². The molecule has 0 spiro atoms. The quantitative estimate of drug-likeness (QED) is 0.284. The summed E-state index contributed by atoms with van der Waals surface area (Å²) in [5.41, 5.74) is 8.89. The third-order valence-electron chi connectivity index (χ3n) is 6.59. The summed E-state index contributed by atoms with van der Waals surface area (Å²) in [4.78, 5) is 14.4. The fourth-order valence-electron chi connectivity index (χ4n) is 4.86. The molecule has 0 aliphatic heterocycles. The smallest absolute Gasteiger partial charge is 0.144 e. The van der Waals surface area contributed by atoms with Crippen molar-refractivity contribution in [2.75, 3.05) is 0 Å². The van der Waals surface area contributed by atoms with Crippen molar-refractivity contribution in [3.05, 3.63) is 125 Å². The highest BCUT2D eigenvalue weighted by atomic mass is 16.5. The lowest BCUT2D eigenvalue weighted by molar-refractivity contribution is 0.393. The number of benzene rings is 1. The van der Waals surface area contributed by atoms with Crippen molar-refractivity contribution in [3.8, 4) is 16.8 Å². The topological polar surface area (TPSA) is 69.6 Å². The van der Waals surface area contributed by atoms with Gasteiger partial charge in [-0.15, -0.1) is 0 Å². The SMILES string of the molecule is Cc1ccc(-n2cc(C(c3ccccn3)c3ccccn3)c3cc(-c4c(C)noc4C)cnc32)cc1. The zero-order chi connectivity index (χ0) is 24.6. The highest BCUT2D eigenvalue weighted by molar-refractivity contribution is 5.88. The number of aromatic nitrogens is 5. The lowest BCUT2D eigenvalue weighted by Crippen LogP contribution is -2.07. The zero-order valence-corrected chi connectivity index (χ0v) is 20.4. The molecule has 5 aromatic heterocycles. The molecule has 6 heteroatoms. The van der Waals surface area contributed by atoms with Crippen LogP contribution in [-0.2, 0) is 0 Å². The predicted octanol–water partition coefficient (Wildman–Crippen LogP) is 6.58. The van der Waals surface area contributed by atoms with Crippen LogP contribution in [0.1, 0.15) is 39.9 Å². The van der Waals surface area contributed by atoms with Gasteiger partial charge in [0.05, 0.1) is 23.0 Å². The van der Waals surface area contributed by atoms with E-state index < -0.39 is 0 Å². The highest BCUT2D eigenvalue weighted by Crippen LogP contribution is 2.38. The van der Waals surface area contributed by atoms with E-state index in [4.69, 9.17) is 19.5 Å². The van der Waals surface area contributed by atoms with Gasteiger partial charge in [-0.25, -0.2) is 4.98 Å². The second-order valence-electron chi connectivity index (χ2n) is 9.03. The van der Waals surface area contributed by atoms with Crippen LogP contribution in [0.5, 0.6) is 0 Å². The van der Waals surface area contributed by atoms with Gasteiger partial charge in [0.25, 0.3) is 0 Å². The Hall–Kier alpha value is -4.58. The van der Waals surface area contributed by atoms with Crippen LogP contribution in [0, 0.1) is 20.8 Å². The van der Waals surface area contributed by atoms with Crippen molar-refractivity contribution in [2.24, 2.45) is 0 Å². The zero-order valence-electron chi connectivity index (χ0n) is 20.4. The maximum Gasteiger partial charge on any atom is 0.144 e. The Bertz CT molecular complexity index is 1590. The number of fused-ring (bicyclic) bond motifs is 1. The van der Waals surface area contributed by atoms with Crippen molar-refractivity contribution in [1.82, 2.24) is 24.7 Å². The molecule has 6 rings (SSSR count). The molecule has 0 saturated heterocycles. The van der Waals surface area contributed by atoms with Gasteiger partial charge in [-0.2, -0.15) is 0 Å². The first-order valence-electron chi connectivity index (χ1n) is 11.9. The van der Waals surface area contributed by atoms with E-state index in [0.717, 1.165) is 56.3 Å². The fourth-order valence-corrected chi connectivity index (χ4v) is 4.86. The molecule has 6 nitrogen and oxygen atoms in total. The first-order valence-corrected chi connectivity index (χ1v) is 11.9. The molecule has 6 aromatic rings. The largest absolute Gasteiger partial charge is 0.361 e. The summed E-state index contributed by atoms with van der Waals surface area (Å²) in [5.74, 6) is 0.613. The summed E-state index contributed by atoms with van der Waals surface area (Å²) >= 11 is 0. The minimum Gasteiger partial charge on any atom is -0.361 e. The van der Waals surface area contributed by atoms with Crippen LogP contribution in [0.4, 0.5) is 0 Å². The third kappa shape index (κ3) is 3.77. The second kappa shape index (κ2) is 8.89. The van der Waals surface area contributed by atoms with Gasteiger partial charge in [-0.3, -0.25) is 9.97 Å². The standard InChI is InChI=1S/C30H25N5O/c1-19-10-12-23(13-11-19)35-18-25(29(26-8-4-6-14-31-26)27-9-5-7-15-32-27)24-16-22(17-33-30(24)35)28-20(2)34-36-21(28)3/h4-18,29H,1-3H3. The molecule has 0 amide bonds. The molecule has 0 unspecified atom stereocenters. The van der Waals surface area contributed by atoms with Crippen LogP contribution in [0.15, 0.2) is 96.0 Å². The van der Waals surface area contributed by atoms with E-state index in [2.05, 4.69) is 65.3 Å². The Morgan fingerprint density at radius 3 is 2.08 bits per heavy atom. The van der Waals surface area contributed by atoms with E-state index in [-0.39, 0.29) is 5.92 Å². The average molecular weight is 472 g/mol. The number of pyridine rings is 3. The molecule has 176 valence electrons. The summed E-state index contributed by atoms with van der Waals surface area (Å²) < 4.78 is 7.61. The second-order valence-corrected chi connectivity index (χ2v) is 9.03. The monoisotopic (exact) mass is 471 g/mol. The van der Waals surface area contributed by atoms with E-state index in [1.54, 1.807) is 0 Å². The lowest BCUT2D eigenvalue weighted by atomic mass is 9.91. The summed E-state index contributed by atoms with van der Waals surface area (Å²) in [7, 11) is 0. The minimum atomic E-state index is -0.164. The van der Waals surface area contributed by atoms with Crippen molar-refractivity contribution in [3.63, 3.8) is 0 Å². The van der Waals surface area contributed by atoms with Crippen LogP contribution in [0.2, 0.25) is 0 Å². The molecule has 0 aliphatic rings. The maximum atomic E-state index is 5.46. The van der Waals surface area contributed by atoms with Crippen LogP contribution >= 0.6 is 0 Å². The Morgan fingerprint density at radius 1 is 0.806 bits per heavy atom. The van der Waals surface area contributed by atoms with E-state index in [9.17, 15) is 0 Å². The van der Waals surface area contributed by atoms with E-state index in [0.29, 0.717) is 0 Å². The minimum absolute atomic E-state index is 0.164. The molecule has 0 aliphatic carbocycles. The Kier molecular flexibility index (Phi) is 5.41. The molecule has 0 atom stereocenters. The normalized spacial score (nSPS) is 11.4. The molecule has 1 aromatic carbocycles. The Morgan fingerprint density at radius 2 is 1.50 bits per heavy atom. The predicted molar refractivity (Wildman–Crippen MR) is 140 cm³/mol. The Balaban J connectivity index is 1.66. The average Bonchev–Trinajstić information content (AvgIpc) is 3.45. The first kappa shape index (κ1) is 21.9. The van der Waals surface area contributed by atoms with Gasteiger partial charge >= 0.3 is 0 Å². The van der Waals surface area contributed by atoms with Crippen LogP contribution in [0.3, 0.4) is 0 Å². The molecular weight excluding hydrogens is 446 g/mol. The molecule has 0 N–H and O–H groups in total. The van der Waals surface area contributed by atoms with E-state index in [1.165, 1.54) is 5.56 Å². The Labute approximate surface area is 209 Å². The highest BCUT2D eigenvalue weighted by Gasteiger charge is 2.26. The van der Waals surface area contributed by atoms with Gasteiger partial charge in [0.2, 0.25) is 0 Å². The third-order valence-corrected chi connectivity index (χ3v) is 6.59. The van der Waals surface area contributed by atoms with Gasteiger partial charge in [-0.1, -0.05) is 35.0 Å². The van der Waals surface area contributed by atoms with Crippen molar-refractivity contribution in [2.45, 2.75) is 26.7 Å². The van der Waals surface area contributed by atoms with Crippen LogP contribution in [-0.4, -0.2) is 24.7 Å². The fraction of sp³-hybridized carbons (Fsp3) is 0.133. The van der Waals surface area contributed by atoms with Crippen LogP contribution in [0.25, 0.3) is 27.8 Å².